The molecule has 0 aliphatic heterocycles. The van der Waals surface area contributed by atoms with Gasteiger partial charge in [0.05, 0.1) is 6.20 Å². The van der Waals surface area contributed by atoms with Crippen molar-refractivity contribution in [3.63, 3.8) is 0 Å². The third-order valence-corrected chi connectivity index (χ3v) is 1.95. The highest BCUT2D eigenvalue weighted by atomic mass is 19.4. The number of nitrogens with zero attached hydrogens (tertiary/aromatic N) is 3. The van der Waals surface area contributed by atoms with E-state index in [4.69, 9.17) is 0 Å². The molecule has 84 valence electrons. The first kappa shape index (κ1) is 10.6. The highest BCUT2D eigenvalue weighted by Crippen LogP contribution is 2.26. The lowest BCUT2D eigenvalue weighted by Crippen LogP contribution is -2.21. The SMILES string of the molecule is Cc1cnn2c(=O)cc(C(F)(F)F)nc2c1. The third-order valence-electron chi connectivity index (χ3n) is 1.95. The molecule has 2 aromatic heterocycles. The molecule has 0 aliphatic carbocycles. The van der Waals surface area contributed by atoms with Gasteiger partial charge < -0.3 is 0 Å². The Morgan fingerprint density at radius 3 is 2.62 bits per heavy atom. The summed E-state index contributed by atoms with van der Waals surface area (Å²) in [5.41, 5.74) is -1.53. The molecule has 0 fully saturated rings. The molecular weight excluding hydrogens is 223 g/mol. The third kappa shape index (κ3) is 1.75. The first-order chi connectivity index (χ1) is 7.38. The van der Waals surface area contributed by atoms with Gasteiger partial charge in [-0.2, -0.15) is 22.8 Å². The Labute approximate surface area is 87.4 Å². The predicted octanol–water partition coefficient (Wildman–Crippen LogP) is 1.42. The number of fused-ring (bicyclic) bond motifs is 1. The maximum atomic E-state index is 12.4. The van der Waals surface area contributed by atoms with Crippen molar-refractivity contribution in [2.45, 2.75) is 13.1 Å². The minimum Gasteiger partial charge on any atom is -0.267 e. The first-order valence-corrected chi connectivity index (χ1v) is 4.32. The minimum atomic E-state index is -4.63. The van der Waals surface area contributed by atoms with E-state index in [0.717, 1.165) is 4.52 Å². The summed E-state index contributed by atoms with van der Waals surface area (Å²) in [4.78, 5) is 14.7. The number of aryl methyl sites for hydroxylation is 1. The van der Waals surface area contributed by atoms with Crippen LogP contribution < -0.4 is 5.56 Å². The van der Waals surface area contributed by atoms with Gasteiger partial charge in [0.1, 0.15) is 0 Å². The maximum Gasteiger partial charge on any atom is 0.433 e. The molecule has 0 saturated heterocycles. The molecule has 0 saturated carbocycles. The summed E-state index contributed by atoms with van der Waals surface area (Å²) in [7, 11) is 0. The lowest BCUT2D eigenvalue weighted by molar-refractivity contribution is -0.141. The van der Waals surface area contributed by atoms with Crippen molar-refractivity contribution in [3.05, 3.63) is 39.9 Å². The summed E-state index contributed by atoms with van der Waals surface area (Å²) in [6.45, 7) is 1.65. The fourth-order valence-electron chi connectivity index (χ4n) is 1.24. The predicted molar refractivity (Wildman–Crippen MR) is 49.0 cm³/mol. The Morgan fingerprint density at radius 2 is 2.00 bits per heavy atom. The van der Waals surface area contributed by atoms with Gasteiger partial charge in [-0.15, -0.1) is 0 Å². The average Bonchev–Trinajstić information content (AvgIpc) is 2.15. The molecule has 0 unspecified atom stereocenters. The molecule has 4 nitrogen and oxygen atoms in total. The fraction of sp³-hybridized carbons (Fsp3) is 0.222. The molecule has 0 amide bonds. The number of alkyl halides is 3. The topological polar surface area (TPSA) is 47.3 Å². The molecule has 0 N–H and O–H groups in total. The summed E-state index contributed by atoms with van der Waals surface area (Å²) in [5, 5.41) is 3.68. The van der Waals surface area contributed by atoms with Gasteiger partial charge in [-0.25, -0.2) is 4.98 Å². The van der Waals surface area contributed by atoms with Crippen LogP contribution in [-0.2, 0) is 6.18 Å². The first-order valence-electron chi connectivity index (χ1n) is 4.32. The Morgan fingerprint density at radius 1 is 1.31 bits per heavy atom. The number of halogens is 3. The number of hydrogen-bond donors (Lipinski definition) is 0. The van der Waals surface area contributed by atoms with Crippen molar-refractivity contribution in [2.24, 2.45) is 0 Å². The zero-order valence-electron chi connectivity index (χ0n) is 8.12. The molecule has 16 heavy (non-hydrogen) atoms. The van der Waals surface area contributed by atoms with Gasteiger partial charge in [-0.1, -0.05) is 0 Å². The van der Waals surface area contributed by atoms with Crippen molar-refractivity contribution in [2.75, 3.05) is 0 Å². The maximum absolute atomic E-state index is 12.4. The van der Waals surface area contributed by atoms with E-state index in [2.05, 4.69) is 10.1 Å². The van der Waals surface area contributed by atoms with Crippen LogP contribution in [0, 0.1) is 6.92 Å². The monoisotopic (exact) mass is 229 g/mol. The van der Waals surface area contributed by atoms with Crippen LogP contribution >= 0.6 is 0 Å². The highest BCUT2D eigenvalue weighted by Gasteiger charge is 2.33. The molecule has 0 radical (unpaired) electrons. The largest absolute Gasteiger partial charge is 0.433 e. The van der Waals surface area contributed by atoms with Crippen LogP contribution in [0.15, 0.2) is 23.1 Å². The van der Waals surface area contributed by atoms with Crippen LogP contribution in [0.25, 0.3) is 5.65 Å². The van der Waals surface area contributed by atoms with E-state index in [1.54, 1.807) is 6.92 Å². The molecular formula is C9H6F3N3O. The van der Waals surface area contributed by atoms with Gasteiger partial charge >= 0.3 is 6.18 Å². The Bertz CT molecular complexity index is 603. The van der Waals surface area contributed by atoms with E-state index >= 15 is 0 Å². The zero-order chi connectivity index (χ0) is 11.9. The Balaban J connectivity index is 2.80. The summed E-state index contributed by atoms with van der Waals surface area (Å²) < 4.78 is 37.9. The van der Waals surface area contributed by atoms with Gasteiger partial charge in [0.2, 0.25) is 0 Å². The second-order valence-corrected chi connectivity index (χ2v) is 3.28. The molecule has 0 spiro atoms. The lowest BCUT2D eigenvalue weighted by atomic mass is 10.3. The number of rotatable bonds is 0. The van der Waals surface area contributed by atoms with Crippen LogP contribution in [0.2, 0.25) is 0 Å². The van der Waals surface area contributed by atoms with E-state index in [-0.39, 0.29) is 5.65 Å². The lowest BCUT2D eigenvalue weighted by Gasteiger charge is -2.06. The highest BCUT2D eigenvalue weighted by molar-refractivity contribution is 5.39. The molecule has 0 aromatic carbocycles. The van der Waals surface area contributed by atoms with Crippen LogP contribution in [0.5, 0.6) is 0 Å². The fourth-order valence-corrected chi connectivity index (χ4v) is 1.24. The minimum absolute atomic E-state index is 0.111. The van der Waals surface area contributed by atoms with Crippen LogP contribution in [0.4, 0.5) is 13.2 Å². The van der Waals surface area contributed by atoms with Crippen molar-refractivity contribution in [3.8, 4) is 0 Å². The molecule has 0 bridgehead atoms. The van der Waals surface area contributed by atoms with E-state index in [0.29, 0.717) is 11.6 Å². The summed E-state index contributed by atoms with van der Waals surface area (Å²) in [5.74, 6) is 0. The van der Waals surface area contributed by atoms with Gasteiger partial charge in [0, 0.05) is 6.07 Å². The second kappa shape index (κ2) is 3.29. The van der Waals surface area contributed by atoms with Gasteiger partial charge in [-0.3, -0.25) is 4.79 Å². The molecule has 0 aliphatic rings. The van der Waals surface area contributed by atoms with Crippen molar-refractivity contribution >= 4 is 5.65 Å². The summed E-state index contributed by atoms with van der Waals surface area (Å²) in [6, 6.07) is 1.79. The second-order valence-electron chi connectivity index (χ2n) is 3.28. The molecule has 2 aromatic rings. The van der Waals surface area contributed by atoms with E-state index in [9.17, 15) is 18.0 Å². The van der Waals surface area contributed by atoms with E-state index < -0.39 is 17.4 Å². The summed E-state index contributed by atoms with van der Waals surface area (Å²) >= 11 is 0. The molecule has 2 rings (SSSR count). The van der Waals surface area contributed by atoms with Crippen molar-refractivity contribution in [1.82, 2.24) is 14.6 Å². The zero-order valence-corrected chi connectivity index (χ0v) is 8.12. The van der Waals surface area contributed by atoms with Gasteiger partial charge in [-0.05, 0) is 18.6 Å². The van der Waals surface area contributed by atoms with E-state index in [1.165, 1.54) is 12.3 Å². The molecule has 7 heteroatoms. The number of aromatic nitrogens is 3. The Hall–Kier alpha value is -1.92. The Kier molecular flexibility index (Phi) is 2.18. The van der Waals surface area contributed by atoms with Crippen molar-refractivity contribution < 1.29 is 13.2 Å². The smallest absolute Gasteiger partial charge is 0.267 e. The van der Waals surface area contributed by atoms with Crippen molar-refractivity contribution in [1.29, 1.82) is 0 Å². The summed E-state index contributed by atoms with van der Waals surface area (Å²) in [6.07, 6.45) is -3.25. The van der Waals surface area contributed by atoms with Gasteiger partial charge in [0.15, 0.2) is 11.3 Å². The van der Waals surface area contributed by atoms with Crippen LogP contribution in [-0.4, -0.2) is 14.6 Å². The van der Waals surface area contributed by atoms with Crippen LogP contribution in [0.3, 0.4) is 0 Å². The van der Waals surface area contributed by atoms with Crippen LogP contribution in [0.1, 0.15) is 11.3 Å². The molecule has 0 atom stereocenters. The van der Waals surface area contributed by atoms with E-state index in [1.807, 2.05) is 0 Å². The normalized spacial score (nSPS) is 12.0. The number of hydrogen-bond acceptors (Lipinski definition) is 3. The quantitative estimate of drug-likeness (QED) is 0.686. The molecule has 2 heterocycles. The standard InChI is InChI=1S/C9H6F3N3O/c1-5-2-7-14-6(9(10,11)12)3-8(16)15(7)13-4-5/h2-4H,1H3. The average molecular weight is 229 g/mol. The van der Waals surface area contributed by atoms with Gasteiger partial charge in [0.25, 0.3) is 5.56 Å².